The molecule has 1 aromatic heterocycles. The molecule has 8 heteroatoms. The van der Waals surface area contributed by atoms with E-state index in [1.54, 1.807) is 16.8 Å². The van der Waals surface area contributed by atoms with Crippen molar-refractivity contribution in [2.75, 3.05) is 11.9 Å². The Labute approximate surface area is 221 Å². The number of hydrogen-bond acceptors (Lipinski definition) is 4. The molecule has 0 fully saturated rings. The summed E-state index contributed by atoms with van der Waals surface area (Å²) in [4.78, 5) is 17.5. The second-order valence-corrected chi connectivity index (χ2v) is 9.69. The first-order chi connectivity index (χ1) is 17.4. The minimum absolute atomic E-state index is 0.0435. The van der Waals surface area contributed by atoms with Gasteiger partial charge in [-0.3, -0.25) is 4.79 Å². The van der Waals surface area contributed by atoms with Crippen LogP contribution in [0.2, 0.25) is 10.0 Å². The standard InChI is InChI=1S/C28H28Cl2N4O2/c1-4-23(19-8-6-5-7-9-19)27(35)31-21-11-13-22(14-12-21)34-26(20-10-15-24(29)25(30)16-20)32-28(33-34)36-17-18(2)3/h5-16,18,23H,4,17H2,1-3H3,(H,31,35). The molecule has 1 unspecified atom stereocenters. The molecule has 4 rings (SSSR count). The van der Waals surface area contributed by atoms with Gasteiger partial charge >= 0.3 is 6.01 Å². The second kappa shape index (κ2) is 11.6. The zero-order valence-corrected chi connectivity index (χ0v) is 21.9. The highest BCUT2D eigenvalue weighted by Gasteiger charge is 2.19. The molecule has 0 spiro atoms. The molecule has 36 heavy (non-hydrogen) atoms. The summed E-state index contributed by atoms with van der Waals surface area (Å²) in [5, 5.41) is 8.49. The Morgan fingerprint density at radius 3 is 2.36 bits per heavy atom. The fourth-order valence-electron chi connectivity index (χ4n) is 3.77. The molecular formula is C28H28Cl2N4O2. The summed E-state index contributed by atoms with van der Waals surface area (Å²) >= 11 is 12.4. The van der Waals surface area contributed by atoms with E-state index in [2.05, 4.69) is 29.2 Å². The van der Waals surface area contributed by atoms with Gasteiger partial charge in [0, 0.05) is 11.3 Å². The van der Waals surface area contributed by atoms with E-state index in [0.717, 1.165) is 16.8 Å². The normalized spacial score (nSPS) is 11.9. The predicted molar refractivity (Wildman–Crippen MR) is 145 cm³/mol. The highest BCUT2D eigenvalue weighted by molar-refractivity contribution is 6.42. The van der Waals surface area contributed by atoms with Gasteiger partial charge in [-0.25, -0.2) is 4.68 Å². The van der Waals surface area contributed by atoms with Gasteiger partial charge in [-0.15, -0.1) is 5.10 Å². The maximum Gasteiger partial charge on any atom is 0.336 e. The monoisotopic (exact) mass is 522 g/mol. The van der Waals surface area contributed by atoms with Crippen molar-refractivity contribution in [1.82, 2.24) is 14.8 Å². The van der Waals surface area contributed by atoms with Crippen LogP contribution in [0, 0.1) is 5.92 Å². The highest BCUT2D eigenvalue weighted by atomic mass is 35.5. The maximum atomic E-state index is 12.9. The van der Waals surface area contributed by atoms with Crippen LogP contribution >= 0.6 is 23.2 Å². The van der Waals surface area contributed by atoms with Crippen molar-refractivity contribution in [3.05, 3.63) is 88.4 Å². The van der Waals surface area contributed by atoms with Crippen LogP contribution in [-0.4, -0.2) is 27.3 Å². The smallest absolute Gasteiger partial charge is 0.336 e. The lowest BCUT2D eigenvalue weighted by Gasteiger charge is -2.15. The van der Waals surface area contributed by atoms with Crippen molar-refractivity contribution in [3.8, 4) is 23.1 Å². The number of nitrogens with zero attached hydrogens (tertiary/aromatic N) is 3. The molecule has 0 radical (unpaired) electrons. The van der Waals surface area contributed by atoms with Crippen LogP contribution < -0.4 is 10.1 Å². The molecule has 1 N–H and O–H groups in total. The van der Waals surface area contributed by atoms with Crippen LogP contribution in [0.4, 0.5) is 5.69 Å². The van der Waals surface area contributed by atoms with Crippen molar-refractivity contribution < 1.29 is 9.53 Å². The number of ether oxygens (including phenoxy) is 1. The maximum absolute atomic E-state index is 12.9. The number of aromatic nitrogens is 3. The second-order valence-electron chi connectivity index (χ2n) is 8.87. The molecule has 0 aliphatic carbocycles. The van der Waals surface area contributed by atoms with Crippen molar-refractivity contribution in [2.45, 2.75) is 33.1 Å². The quantitative estimate of drug-likeness (QED) is 0.248. The fraction of sp³-hybridized carbons (Fsp3) is 0.250. The summed E-state index contributed by atoms with van der Waals surface area (Å²) in [5.74, 6) is 0.636. The SMILES string of the molecule is CCC(C(=O)Nc1ccc(-n2nc(OCC(C)C)nc2-c2ccc(Cl)c(Cl)c2)cc1)c1ccccc1. The van der Waals surface area contributed by atoms with E-state index in [1.807, 2.05) is 67.6 Å². The average Bonchev–Trinajstić information content (AvgIpc) is 3.30. The Bertz CT molecular complexity index is 1320. The molecule has 0 saturated carbocycles. The van der Waals surface area contributed by atoms with Gasteiger partial charge in [0.15, 0.2) is 5.82 Å². The summed E-state index contributed by atoms with van der Waals surface area (Å²) in [6.07, 6.45) is 0.707. The van der Waals surface area contributed by atoms with Crippen LogP contribution in [0.3, 0.4) is 0 Å². The molecule has 0 bridgehead atoms. The van der Waals surface area contributed by atoms with Gasteiger partial charge in [0.2, 0.25) is 5.91 Å². The van der Waals surface area contributed by atoms with E-state index in [9.17, 15) is 4.79 Å². The fourth-order valence-corrected chi connectivity index (χ4v) is 4.07. The molecule has 4 aromatic rings. The number of amides is 1. The minimum Gasteiger partial charge on any atom is -0.462 e. The number of carbonyl (C=O) groups is 1. The first-order valence-electron chi connectivity index (χ1n) is 11.9. The third-order valence-electron chi connectivity index (χ3n) is 5.62. The van der Waals surface area contributed by atoms with E-state index in [0.29, 0.717) is 40.5 Å². The van der Waals surface area contributed by atoms with Gasteiger partial charge in [0.05, 0.1) is 28.3 Å². The third-order valence-corrected chi connectivity index (χ3v) is 6.36. The summed E-state index contributed by atoms with van der Waals surface area (Å²) < 4.78 is 7.48. The largest absolute Gasteiger partial charge is 0.462 e. The third kappa shape index (κ3) is 6.07. The van der Waals surface area contributed by atoms with Crippen LogP contribution in [0.15, 0.2) is 72.8 Å². The van der Waals surface area contributed by atoms with Crippen molar-refractivity contribution >= 4 is 34.8 Å². The highest BCUT2D eigenvalue weighted by Crippen LogP contribution is 2.30. The summed E-state index contributed by atoms with van der Waals surface area (Å²) in [6.45, 7) is 6.62. The van der Waals surface area contributed by atoms with Gasteiger partial charge in [-0.2, -0.15) is 4.98 Å². The lowest BCUT2D eigenvalue weighted by molar-refractivity contribution is -0.117. The number of nitrogens with one attached hydrogen (secondary N) is 1. The first-order valence-corrected chi connectivity index (χ1v) is 12.6. The average molecular weight is 523 g/mol. The molecule has 6 nitrogen and oxygen atoms in total. The molecule has 1 amide bonds. The zero-order chi connectivity index (χ0) is 25.7. The minimum atomic E-state index is -0.219. The Morgan fingerprint density at radius 1 is 1.00 bits per heavy atom. The molecule has 186 valence electrons. The zero-order valence-electron chi connectivity index (χ0n) is 20.4. The van der Waals surface area contributed by atoms with Crippen molar-refractivity contribution in [1.29, 1.82) is 0 Å². The molecule has 1 atom stereocenters. The van der Waals surface area contributed by atoms with Gasteiger partial charge < -0.3 is 10.1 Å². The van der Waals surface area contributed by atoms with E-state index in [-0.39, 0.29) is 17.8 Å². The van der Waals surface area contributed by atoms with E-state index in [1.165, 1.54) is 0 Å². The van der Waals surface area contributed by atoms with Gasteiger partial charge in [0.1, 0.15) is 0 Å². The number of hydrogen-bond donors (Lipinski definition) is 1. The van der Waals surface area contributed by atoms with Crippen molar-refractivity contribution in [2.24, 2.45) is 5.92 Å². The molecule has 0 saturated heterocycles. The van der Waals surface area contributed by atoms with Gasteiger partial charge in [-0.1, -0.05) is 74.3 Å². The molecule has 3 aromatic carbocycles. The number of halogens is 2. The van der Waals surface area contributed by atoms with Crippen molar-refractivity contribution in [3.63, 3.8) is 0 Å². The Morgan fingerprint density at radius 2 is 1.72 bits per heavy atom. The number of benzene rings is 3. The molecule has 0 aliphatic rings. The van der Waals surface area contributed by atoms with Gasteiger partial charge in [-0.05, 0) is 60.4 Å². The van der Waals surface area contributed by atoms with Crippen LogP contribution in [-0.2, 0) is 4.79 Å². The van der Waals surface area contributed by atoms with E-state index in [4.69, 9.17) is 27.9 Å². The lowest BCUT2D eigenvalue weighted by atomic mass is 9.95. The molecule has 1 heterocycles. The number of rotatable bonds is 9. The molecular weight excluding hydrogens is 495 g/mol. The summed E-state index contributed by atoms with van der Waals surface area (Å²) in [5.41, 5.74) is 3.21. The molecule has 0 aliphatic heterocycles. The van der Waals surface area contributed by atoms with Crippen LogP contribution in [0.5, 0.6) is 6.01 Å². The number of carbonyl (C=O) groups excluding carboxylic acids is 1. The number of anilines is 1. The van der Waals surface area contributed by atoms with E-state index < -0.39 is 0 Å². The lowest BCUT2D eigenvalue weighted by Crippen LogP contribution is -2.20. The predicted octanol–water partition coefficient (Wildman–Crippen LogP) is 7.41. The van der Waals surface area contributed by atoms with Crippen LogP contribution in [0.1, 0.15) is 38.7 Å². The topological polar surface area (TPSA) is 69.0 Å². The summed E-state index contributed by atoms with van der Waals surface area (Å²) in [7, 11) is 0. The Balaban J connectivity index is 1.60. The Hall–Kier alpha value is -3.35. The summed E-state index contributed by atoms with van der Waals surface area (Å²) in [6, 6.07) is 22.8. The first kappa shape index (κ1) is 25.7. The van der Waals surface area contributed by atoms with E-state index >= 15 is 0 Å². The Kier molecular flexibility index (Phi) is 8.28. The van der Waals surface area contributed by atoms with Gasteiger partial charge in [0.25, 0.3) is 0 Å². The van der Waals surface area contributed by atoms with Crippen LogP contribution in [0.25, 0.3) is 17.1 Å².